The van der Waals surface area contributed by atoms with E-state index >= 15 is 0 Å². The van der Waals surface area contributed by atoms with Gasteiger partial charge in [0.15, 0.2) is 5.60 Å². The molecule has 0 unspecified atom stereocenters. The molecule has 1 aromatic heterocycles. The van der Waals surface area contributed by atoms with Gasteiger partial charge in [-0.3, -0.25) is 9.48 Å². The highest BCUT2D eigenvalue weighted by Crippen LogP contribution is 2.53. The summed E-state index contributed by atoms with van der Waals surface area (Å²) in [6, 6.07) is 17.3. The predicted molar refractivity (Wildman–Crippen MR) is 124 cm³/mol. The van der Waals surface area contributed by atoms with Crippen LogP contribution < -0.4 is 4.90 Å². The van der Waals surface area contributed by atoms with Crippen molar-refractivity contribution in [1.29, 1.82) is 0 Å². The van der Waals surface area contributed by atoms with Crippen molar-refractivity contribution in [2.24, 2.45) is 5.92 Å². The Hall–Kier alpha value is -3.29. The quantitative estimate of drug-likeness (QED) is 0.563. The van der Waals surface area contributed by atoms with Gasteiger partial charge in [-0.05, 0) is 24.5 Å². The number of rotatable bonds is 7. The Kier molecular flexibility index (Phi) is 5.60. The number of carbonyl (C=O) groups excluding carboxylic acids is 1. The van der Waals surface area contributed by atoms with E-state index in [0.29, 0.717) is 25.2 Å². The molecule has 3 aromatic rings. The van der Waals surface area contributed by atoms with Crippen LogP contribution in [-0.2, 0) is 21.7 Å². The van der Waals surface area contributed by atoms with Gasteiger partial charge < -0.3 is 14.7 Å². The van der Waals surface area contributed by atoms with Gasteiger partial charge in [-0.2, -0.15) is 0 Å². The van der Waals surface area contributed by atoms with Crippen molar-refractivity contribution in [3.05, 3.63) is 90.3 Å². The molecule has 0 radical (unpaired) electrons. The molecule has 0 aliphatic carbocycles. The molecule has 1 spiro atoms. The number of aromatic nitrogens is 3. The molecule has 1 amide bonds. The Labute approximate surface area is 193 Å². The highest BCUT2D eigenvalue weighted by Gasteiger charge is 2.59. The molecular weight excluding hydrogens is 416 g/mol. The van der Waals surface area contributed by atoms with Crippen LogP contribution in [0.1, 0.15) is 42.7 Å². The molecule has 7 nitrogen and oxygen atoms in total. The lowest BCUT2D eigenvalue weighted by molar-refractivity contribution is -0.145. The third-order valence-corrected chi connectivity index (χ3v) is 6.76. The van der Waals surface area contributed by atoms with E-state index in [-0.39, 0.29) is 17.9 Å². The van der Waals surface area contributed by atoms with Crippen LogP contribution in [0.25, 0.3) is 0 Å². The number of hydrogen-bond donors (Lipinski definition) is 1. The molecule has 0 bridgehead atoms. The molecule has 2 aromatic carbocycles. The van der Waals surface area contributed by atoms with Gasteiger partial charge in [-0.1, -0.05) is 66.7 Å². The van der Waals surface area contributed by atoms with E-state index < -0.39 is 11.7 Å². The minimum atomic E-state index is -0.943. The first kappa shape index (κ1) is 21.6. The first-order valence-electron chi connectivity index (χ1n) is 11.4. The van der Waals surface area contributed by atoms with Gasteiger partial charge in [-0.15, -0.1) is 11.7 Å². The molecule has 4 atom stereocenters. The highest BCUT2D eigenvalue weighted by molar-refractivity contribution is 6.07. The number of ether oxygens (including phenoxy) is 1. The van der Waals surface area contributed by atoms with Gasteiger partial charge in [0.2, 0.25) is 0 Å². The van der Waals surface area contributed by atoms with E-state index in [2.05, 4.69) is 23.8 Å². The second kappa shape index (κ2) is 8.57. The SMILES string of the molecule is C=CCN1C(=O)[C@@]2(O[C@@H](CCn3cc([C@H](O)c4ccccc4)nn3)C[C@H]2C)c2ccccc21. The van der Waals surface area contributed by atoms with Crippen molar-refractivity contribution in [2.45, 2.75) is 44.1 Å². The van der Waals surface area contributed by atoms with Gasteiger partial charge in [0.25, 0.3) is 5.91 Å². The van der Waals surface area contributed by atoms with Crippen molar-refractivity contribution < 1.29 is 14.6 Å². The van der Waals surface area contributed by atoms with Crippen LogP contribution in [0.5, 0.6) is 0 Å². The molecule has 1 fully saturated rings. The lowest BCUT2D eigenvalue weighted by Crippen LogP contribution is -2.44. The van der Waals surface area contributed by atoms with E-state index in [1.807, 2.05) is 54.6 Å². The summed E-state index contributed by atoms with van der Waals surface area (Å²) in [5, 5.41) is 18.9. The van der Waals surface area contributed by atoms with Crippen molar-refractivity contribution in [1.82, 2.24) is 15.0 Å². The molecule has 5 rings (SSSR count). The Balaban J connectivity index is 1.30. The Morgan fingerprint density at radius 2 is 2.00 bits per heavy atom. The first-order valence-corrected chi connectivity index (χ1v) is 11.4. The number of benzene rings is 2. The van der Waals surface area contributed by atoms with Crippen molar-refractivity contribution in [3.63, 3.8) is 0 Å². The number of amides is 1. The maximum Gasteiger partial charge on any atom is 0.264 e. The maximum absolute atomic E-state index is 13.5. The van der Waals surface area contributed by atoms with Crippen LogP contribution >= 0.6 is 0 Å². The second-order valence-electron chi connectivity index (χ2n) is 8.84. The summed E-state index contributed by atoms with van der Waals surface area (Å²) in [5.74, 6) is 0.0461. The van der Waals surface area contributed by atoms with Crippen LogP contribution in [0.15, 0.2) is 73.4 Å². The average Bonchev–Trinajstić information content (AvgIpc) is 3.51. The van der Waals surface area contributed by atoms with E-state index in [4.69, 9.17) is 4.74 Å². The fourth-order valence-corrected chi connectivity index (χ4v) is 5.14. The molecule has 2 aliphatic heterocycles. The number of aliphatic hydroxyl groups excluding tert-OH is 1. The normalized spacial score (nSPS) is 24.9. The Morgan fingerprint density at radius 1 is 1.24 bits per heavy atom. The van der Waals surface area contributed by atoms with Crippen LogP contribution in [0.4, 0.5) is 5.69 Å². The van der Waals surface area contributed by atoms with Crippen molar-refractivity contribution in [3.8, 4) is 0 Å². The number of carbonyl (C=O) groups is 1. The monoisotopic (exact) mass is 444 g/mol. The van der Waals surface area contributed by atoms with Gasteiger partial charge in [0, 0.05) is 24.6 Å². The summed E-state index contributed by atoms with van der Waals surface area (Å²) in [7, 11) is 0. The average molecular weight is 445 g/mol. The summed E-state index contributed by atoms with van der Waals surface area (Å²) in [4.78, 5) is 15.3. The van der Waals surface area contributed by atoms with Crippen LogP contribution in [0.3, 0.4) is 0 Å². The largest absolute Gasteiger partial charge is 0.382 e. The Morgan fingerprint density at radius 3 is 2.79 bits per heavy atom. The van der Waals surface area contributed by atoms with E-state index in [0.717, 1.165) is 23.2 Å². The predicted octanol–water partition coefficient (Wildman–Crippen LogP) is 3.60. The van der Waals surface area contributed by atoms with Gasteiger partial charge in [0.1, 0.15) is 11.8 Å². The zero-order valence-electron chi connectivity index (χ0n) is 18.7. The first-order chi connectivity index (χ1) is 16.0. The number of hydrogen-bond acceptors (Lipinski definition) is 5. The molecular formula is C26H28N4O3. The third kappa shape index (κ3) is 3.57. The smallest absolute Gasteiger partial charge is 0.264 e. The molecule has 0 saturated carbocycles. The minimum absolute atomic E-state index is 0.00683. The molecule has 3 heterocycles. The molecule has 170 valence electrons. The van der Waals surface area contributed by atoms with E-state index in [9.17, 15) is 9.90 Å². The summed E-state index contributed by atoms with van der Waals surface area (Å²) in [6.07, 6.45) is 4.12. The van der Waals surface area contributed by atoms with E-state index in [1.54, 1.807) is 21.9 Å². The van der Waals surface area contributed by atoms with Gasteiger partial charge >= 0.3 is 0 Å². The van der Waals surface area contributed by atoms with Crippen LogP contribution in [0.2, 0.25) is 0 Å². The summed E-state index contributed by atoms with van der Waals surface area (Å²) in [6.45, 7) is 6.96. The molecule has 1 saturated heterocycles. The zero-order valence-corrected chi connectivity index (χ0v) is 18.7. The fourth-order valence-electron chi connectivity index (χ4n) is 5.14. The maximum atomic E-state index is 13.5. The topological polar surface area (TPSA) is 80.5 Å². The minimum Gasteiger partial charge on any atom is -0.382 e. The number of nitrogens with zero attached hydrogens (tertiary/aromatic N) is 4. The molecule has 33 heavy (non-hydrogen) atoms. The Bertz CT molecular complexity index is 1160. The molecule has 7 heteroatoms. The summed E-state index contributed by atoms with van der Waals surface area (Å²) < 4.78 is 8.28. The number of aryl methyl sites for hydroxylation is 1. The number of aliphatic hydroxyl groups is 1. The zero-order chi connectivity index (χ0) is 23.0. The third-order valence-electron chi connectivity index (χ3n) is 6.76. The lowest BCUT2D eigenvalue weighted by atomic mass is 9.83. The van der Waals surface area contributed by atoms with Gasteiger partial charge in [-0.25, -0.2) is 0 Å². The second-order valence-corrected chi connectivity index (χ2v) is 8.84. The van der Waals surface area contributed by atoms with Crippen LogP contribution in [0, 0.1) is 5.92 Å². The fraction of sp³-hybridized carbons (Fsp3) is 0.346. The molecule has 1 N–H and O–H groups in total. The highest BCUT2D eigenvalue weighted by atomic mass is 16.5. The lowest BCUT2D eigenvalue weighted by Gasteiger charge is -2.28. The number of para-hydroxylation sites is 1. The van der Waals surface area contributed by atoms with Crippen LogP contribution in [-0.4, -0.2) is 38.7 Å². The number of fused-ring (bicyclic) bond motifs is 2. The van der Waals surface area contributed by atoms with Crippen molar-refractivity contribution in [2.75, 3.05) is 11.4 Å². The van der Waals surface area contributed by atoms with Gasteiger partial charge in [0.05, 0.1) is 18.0 Å². The number of anilines is 1. The van der Waals surface area contributed by atoms with E-state index in [1.165, 1.54) is 0 Å². The summed E-state index contributed by atoms with van der Waals surface area (Å²) in [5.41, 5.74) is 2.20. The summed E-state index contributed by atoms with van der Waals surface area (Å²) >= 11 is 0. The standard InChI is InChI=1S/C26H28N4O3/c1-3-14-30-23-12-8-7-11-21(23)26(25(30)32)18(2)16-20(33-26)13-15-29-17-22(27-28-29)24(31)19-9-5-4-6-10-19/h3-12,17-18,20,24,31H,1,13-16H2,2H3/t18-,20+,24-,26+/m1/s1. The molecule has 2 aliphatic rings. The van der Waals surface area contributed by atoms with Crippen molar-refractivity contribution >= 4 is 11.6 Å².